The highest BCUT2D eigenvalue weighted by Crippen LogP contribution is 2.19. The number of aliphatic hydroxyl groups excluding tert-OH is 2. The lowest BCUT2D eigenvalue weighted by molar-refractivity contribution is -0.00125. The molecule has 0 bridgehead atoms. The molecule has 1 heterocycles. The molecular weight excluding hydrogens is 246 g/mol. The Bertz CT molecular complexity index is 435. The molecule has 1 amide bonds. The Morgan fingerprint density at radius 2 is 1.89 bits per heavy atom. The van der Waals surface area contributed by atoms with Crippen LogP contribution in [-0.4, -0.2) is 44.3 Å². The third-order valence-corrected chi connectivity index (χ3v) is 3.43. The summed E-state index contributed by atoms with van der Waals surface area (Å²) < 4.78 is 0. The zero-order valence-corrected chi connectivity index (χ0v) is 10.9. The summed E-state index contributed by atoms with van der Waals surface area (Å²) in [6, 6.07) is -0.425. The molecule has 1 aliphatic rings. The van der Waals surface area contributed by atoms with Gasteiger partial charge >= 0.3 is 0 Å². The topological polar surface area (TPSA) is 95.3 Å². The minimum Gasteiger partial charge on any atom is -0.390 e. The Labute approximate surface area is 111 Å². The van der Waals surface area contributed by atoms with Gasteiger partial charge in [-0.25, -0.2) is 9.97 Å². The highest BCUT2D eigenvalue weighted by molar-refractivity contribution is 5.93. The van der Waals surface area contributed by atoms with Gasteiger partial charge in [-0.1, -0.05) is 12.8 Å². The van der Waals surface area contributed by atoms with Gasteiger partial charge in [0.1, 0.15) is 5.82 Å². The molecule has 2 rings (SSSR count). The molecule has 0 unspecified atom stereocenters. The van der Waals surface area contributed by atoms with Gasteiger partial charge in [0.15, 0.2) is 0 Å². The Hall–Kier alpha value is -1.53. The standard InChI is InChI=1S/C13H19N3O3/c1-8-14-6-9(7-15-8)13(19)16-10-4-2-3-5-11(17)12(10)18/h6-7,10-12,17-18H,2-5H2,1H3,(H,16,19)/t10-,11-,12-/m1/s1. The molecule has 1 fully saturated rings. The molecule has 19 heavy (non-hydrogen) atoms. The largest absolute Gasteiger partial charge is 0.390 e. The first kappa shape index (κ1) is 13.9. The Balaban J connectivity index is 2.02. The Kier molecular flexibility index (Phi) is 4.44. The maximum absolute atomic E-state index is 12.0. The van der Waals surface area contributed by atoms with Crippen molar-refractivity contribution in [2.24, 2.45) is 0 Å². The third-order valence-electron chi connectivity index (χ3n) is 3.43. The molecule has 104 valence electrons. The van der Waals surface area contributed by atoms with Gasteiger partial charge in [0.2, 0.25) is 0 Å². The maximum Gasteiger partial charge on any atom is 0.254 e. The summed E-state index contributed by atoms with van der Waals surface area (Å²) >= 11 is 0. The van der Waals surface area contributed by atoms with Crippen LogP contribution in [0.25, 0.3) is 0 Å². The number of nitrogens with one attached hydrogen (secondary N) is 1. The summed E-state index contributed by atoms with van der Waals surface area (Å²) in [5.74, 6) is 0.277. The van der Waals surface area contributed by atoms with Gasteiger partial charge in [0.05, 0.1) is 23.8 Å². The molecule has 6 heteroatoms. The molecule has 1 aromatic heterocycles. The molecule has 1 aliphatic carbocycles. The molecule has 6 nitrogen and oxygen atoms in total. The fourth-order valence-electron chi connectivity index (χ4n) is 2.25. The van der Waals surface area contributed by atoms with Gasteiger partial charge in [-0.2, -0.15) is 0 Å². The van der Waals surface area contributed by atoms with Gasteiger partial charge < -0.3 is 15.5 Å². The Morgan fingerprint density at radius 3 is 2.58 bits per heavy atom. The van der Waals surface area contributed by atoms with E-state index in [2.05, 4.69) is 15.3 Å². The van der Waals surface area contributed by atoms with Gasteiger partial charge in [-0.3, -0.25) is 4.79 Å². The van der Waals surface area contributed by atoms with Crippen LogP contribution in [0.4, 0.5) is 0 Å². The van der Waals surface area contributed by atoms with E-state index in [9.17, 15) is 15.0 Å². The summed E-state index contributed by atoms with van der Waals surface area (Å²) in [5.41, 5.74) is 0.358. The smallest absolute Gasteiger partial charge is 0.254 e. The van der Waals surface area contributed by atoms with Crippen LogP contribution in [-0.2, 0) is 0 Å². The third kappa shape index (κ3) is 3.48. The van der Waals surface area contributed by atoms with E-state index in [-0.39, 0.29) is 5.91 Å². The summed E-state index contributed by atoms with van der Waals surface area (Å²) in [4.78, 5) is 19.9. The molecule has 1 saturated carbocycles. The highest BCUT2D eigenvalue weighted by Gasteiger charge is 2.29. The lowest BCUT2D eigenvalue weighted by Gasteiger charge is -2.24. The van der Waals surface area contributed by atoms with E-state index in [4.69, 9.17) is 0 Å². The second kappa shape index (κ2) is 6.08. The predicted molar refractivity (Wildman–Crippen MR) is 68.5 cm³/mol. The van der Waals surface area contributed by atoms with E-state index in [1.165, 1.54) is 12.4 Å². The zero-order valence-electron chi connectivity index (χ0n) is 10.9. The van der Waals surface area contributed by atoms with Gasteiger partial charge in [0.25, 0.3) is 5.91 Å². The van der Waals surface area contributed by atoms with Crippen molar-refractivity contribution >= 4 is 5.91 Å². The summed E-state index contributed by atoms with van der Waals surface area (Å²) in [6.07, 6.45) is 4.19. The predicted octanol–water partition coefficient (Wildman–Crippen LogP) is 0.179. The number of nitrogens with zero attached hydrogens (tertiary/aromatic N) is 2. The summed E-state index contributed by atoms with van der Waals surface area (Å²) in [5, 5.41) is 22.4. The van der Waals surface area contributed by atoms with Crippen molar-refractivity contribution in [3.05, 3.63) is 23.8 Å². The number of aryl methyl sites for hydroxylation is 1. The van der Waals surface area contributed by atoms with E-state index >= 15 is 0 Å². The van der Waals surface area contributed by atoms with Gasteiger partial charge in [-0.15, -0.1) is 0 Å². The molecule has 0 radical (unpaired) electrons. The van der Waals surface area contributed by atoms with Crippen molar-refractivity contribution in [2.45, 2.75) is 50.9 Å². The monoisotopic (exact) mass is 265 g/mol. The van der Waals surface area contributed by atoms with Crippen molar-refractivity contribution in [1.29, 1.82) is 0 Å². The number of carbonyl (C=O) groups excluding carboxylic acids is 1. The van der Waals surface area contributed by atoms with Crippen molar-refractivity contribution in [2.75, 3.05) is 0 Å². The van der Waals surface area contributed by atoms with Crippen molar-refractivity contribution < 1.29 is 15.0 Å². The van der Waals surface area contributed by atoms with E-state index in [0.29, 0.717) is 24.2 Å². The normalized spacial score (nSPS) is 27.6. The van der Waals surface area contributed by atoms with Crippen molar-refractivity contribution in [1.82, 2.24) is 15.3 Å². The molecule has 1 aromatic rings. The molecular formula is C13H19N3O3. The zero-order chi connectivity index (χ0) is 13.8. The number of carbonyl (C=O) groups is 1. The van der Waals surface area contributed by atoms with Gasteiger partial charge in [0, 0.05) is 12.4 Å². The first-order chi connectivity index (χ1) is 9.08. The molecule has 0 aromatic carbocycles. The van der Waals surface area contributed by atoms with Crippen LogP contribution < -0.4 is 5.32 Å². The first-order valence-corrected chi connectivity index (χ1v) is 6.53. The van der Waals surface area contributed by atoms with E-state index in [0.717, 1.165) is 12.8 Å². The number of amides is 1. The van der Waals surface area contributed by atoms with E-state index in [1.54, 1.807) is 6.92 Å². The second-order valence-electron chi connectivity index (χ2n) is 4.94. The van der Waals surface area contributed by atoms with E-state index in [1.807, 2.05) is 0 Å². The van der Waals surface area contributed by atoms with Crippen LogP contribution in [0.2, 0.25) is 0 Å². The van der Waals surface area contributed by atoms with Crippen LogP contribution in [0.1, 0.15) is 41.9 Å². The lowest BCUT2D eigenvalue weighted by atomic mass is 10.0. The van der Waals surface area contributed by atoms with Crippen LogP contribution in [0.5, 0.6) is 0 Å². The average molecular weight is 265 g/mol. The second-order valence-corrected chi connectivity index (χ2v) is 4.94. The minimum atomic E-state index is -0.919. The fraction of sp³-hybridized carbons (Fsp3) is 0.615. The van der Waals surface area contributed by atoms with Crippen molar-refractivity contribution in [3.8, 4) is 0 Å². The number of hydrogen-bond acceptors (Lipinski definition) is 5. The Morgan fingerprint density at radius 1 is 1.26 bits per heavy atom. The molecule has 0 aliphatic heterocycles. The van der Waals surface area contributed by atoms with Crippen molar-refractivity contribution in [3.63, 3.8) is 0 Å². The number of hydrogen-bond donors (Lipinski definition) is 3. The number of rotatable bonds is 2. The quantitative estimate of drug-likeness (QED) is 0.663. The number of aromatic nitrogens is 2. The van der Waals surface area contributed by atoms with Crippen LogP contribution >= 0.6 is 0 Å². The van der Waals surface area contributed by atoms with E-state index < -0.39 is 18.2 Å². The summed E-state index contributed by atoms with van der Waals surface area (Å²) in [6.45, 7) is 1.74. The molecule has 3 N–H and O–H groups in total. The molecule has 0 saturated heterocycles. The highest BCUT2D eigenvalue weighted by atomic mass is 16.3. The maximum atomic E-state index is 12.0. The van der Waals surface area contributed by atoms with Crippen LogP contribution in [0, 0.1) is 6.92 Å². The lowest BCUT2D eigenvalue weighted by Crippen LogP contribution is -2.47. The molecule has 0 spiro atoms. The average Bonchev–Trinajstić information content (AvgIpc) is 2.55. The SMILES string of the molecule is Cc1ncc(C(=O)N[C@@H]2CCCC[C@@H](O)[C@@H]2O)cn1. The first-order valence-electron chi connectivity index (χ1n) is 6.53. The minimum absolute atomic E-state index is 0.321. The summed E-state index contributed by atoms with van der Waals surface area (Å²) in [7, 11) is 0. The number of aliphatic hydroxyl groups is 2. The van der Waals surface area contributed by atoms with Crippen LogP contribution in [0.3, 0.4) is 0 Å². The fourth-order valence-corrected chi connectivity index (χ4v) is 2.25. The van der Waals surface area contributed by atoms with Crippen LogP contribution in [0.15, 0.2) is 12.4 Å². The molecule has 3 atom stereocenters. The van der Waals surface area contributed by atoms with Gasteiger partial charge in [-0.05, 0) is 19.8 Å².